The van der Waals surface area contributed by atoms with Gasteiger partial charge in [0.25, 0.3) is 0 Å². The normalized spacial score (nSPS) is 14.2. The quantitative estimate of drug-likeness (QED) is 0.597. The van der Waals surface area contributed by atoms with Gasteiger partial charge in [-0.25, -0.2) is 17.9 Å². The Labute approximate surface area is 144 Å². The molecule has 0 fully saturated rings. The van der Waals surface area contributed by atoms with Crippen LogP contribution in [-0.4, -0.2) is 31.6 Å². The topological polar surface area (TPSA) is 95.5 Å². The van der Waals surface area contributed by atoms with Gasteiger partial charge in [0.15, 0.2) is 0 Å². The Hall–Kier alpha value is -1.60. The van der Waals surface area contributed by atoms with Gasteiger partial charge in [-0.05, 0) is 44.9 Å². The molecular weight excluding hydrogens is 328 g/mol. The highest BCUT2D eigenvalue weighted by Gasteiger charge is 2.21. The van der Waals surface area contributed by atoms with Crippen LogP contribution in [-0.2, 0) is 10.0 Å². The van der Waals surface area contributed by atoms with Crippen LogP contribution in [0.1, 0.15) is 63.7 Å². The van der Waals surface area contributed by atoms with Crippen LogP contribution in [0.2, 0.25) is 0 Å². The number of benzene rings is 1. The average molecular weight is 356 g/mol. The number of hydrogen-bond donors (Lipinski definition) is 3. The molecule has 0 radical (unpaired) electrons. The van der Waals surface area contributed by atoms with E-state index in [2.05, 4.69) is 17.0 Å². The monoisotopic (exact) mass is 356 g/mol. The van der Waals surface area contributed by atoms with E-state index in [0.29, 0.717) is 5.69 Å². The molecule has 0 saturated heterocycles. The maximum absolute atomic E-state index is 12.4. The number of carboxylic acid groups (broad SMARTS) is 1. The second-order valence-electron chi connectivity index (χ2n) is 6.16. The van der Waals surface area contributed by atoms with Crippen molar-refractivity contribution in [3.63, 3.8) is 0 Å². The predicted octanol–water partition coefficient (Wildman–Crippen LogP) is 3.45. The molecule has 6 nitrogen and oxygen atoms in total. The summed E-state index contributed by atoms with van der Waals surface area (Å²) in [7, 11) is -3.73. The van der Waals surface area contributed by atoms with Crippen LogP contribution in [0.5, 0.6) is 0 Å². The summed E-state index contributed by atoms with van der Waals surface area (Å²) in [6.45, 7) is 7.79. The van der Waals surface area contributed by atoms with Crippen molar-refractivity contribution in [1.82, 2.24) is 4.72 Å². The molecule has 1 aromatic rings. The summed E-state index contributed by atoms with van der Waals surface area (Å²) in [5.74, 6) is -1.15. The van der Waals surface area contributed by atoms with Crippen molar-refractivity contribution in [3.8, 4) is 0 Å². The molecule has 3 N–H and O–H groups in total. The third kappa shape index (κ3) is 5.79. The first-order valence-corrected chi connectivity index (χ1v) is 9.85. The van der Waals surface area contributed by atoms with Gasteiger partial charge in [-0.2, -0.15) is 0 Å². The highest BCUT2D eigenvalue weighted by atomic mass is 32.2. The number of sulfonamides is 1. The van der Waals surface area contributed by atoms with Crippen LogP contribution in [0.25, 0.3) is 0 Å². The van der Waals surface area contributed by atoms with E-state index in [1.54, 1.807) is 6.92 Å². The molecule has 7 heteroatoms. The largest absolute Gasteiger partial charge is 0.478 e. The molecule has 1 aromatic carbocycles. The number of rotatable bonds is 10. The molecule has 24 heavy (non-hydrogen) atoms. The van der Waals surface area contributed by atoms with E-state index >= 15 is 0 Å². The molecular formula is C17H28N2O4S. The molecule has 0 saturated carbocycles. The summed E-state index contributed by atoms with van der Waals surface area (Å²) >= 11 is 0. The van der Waals surface area contributed by atoms with Crippen LogP contribution in [0.3, 0.4) is 0 Å². The molecule has 0 spiro atoms. The van der Waals surface area contributed by atoms with E-state index in [-0.39, 0.29) is 22.5 Å². The third-order valence-corrected chi connectivity index (χ3v) is 5.32. The summed E-state index contributed by atoms with van der Waals surface area (Å²) < 4.78 is 27.4. The van der Waals surface area contributed by atoms with Crippen LogP contribution >= 0.6 is 0 Å². The van der Waals surface area contributed by atoms with Crippen LogP contribution < -0.4 is 10.0 Å². The number of carbonyl (C=O) groups is 1. The SMILES string of the molecule is CCC[C@H](C)Nc1ccc(S(=O)(=O)N[C@@H](C)CCC)cc1C(=O)O. The highest BCUT2D eigenvalue weighted by molar-refractivity contribution is 7.89. The lowest BCUT2D eigenvalue weighted by molar-refractivity contribution is 0.0697. The van der Waals surface area contributed by atoms with E-state index < -0.39 is 16.0 Å². The summed E-state index contributed by atoms with van der Waals surface area (Å²) in [5.41, 5.74) is 0.396. The third-order valence-electron chi connectivity index (χ3n) is 3.73. The molecule has 0 bridgehead atoms. The number of anilines is 1. The van der Waals surface area contributed by atoms with Crippen molar-refractivity contribution in [2.45, 2.75) is 70.4 Å². The molecule has 0 amide bonds. The van der Waals surface area contributed by atoms with Gasteiger partial charge >= 0.3 is 5.97 Å². The van der Waals surface area contributed by atoms with Gasteiger partial charge < -0.3 is 10.4 Å². The van der Waals surface area contributed by atoms with Gasteiger partial charge in [0.1, 0.15) is 0 Å². The summed E-state index contributed by atoms with van der Waals surface area (Å²) in [5, 5.41) is 12.5. The Morgan fingerprint density at radius 2 is 1.71 bits per heavy atom. The molecule has 0 aliphatic rings. The van der Waals surface area contributed by atoms with Crippen molar-refractivity contribution in [1.29, 1.82) is 0 Å². The van der Waals surface area contributed by atoms with Gasteiger partial charge in [-0.15, -0.1) is 0 Å². The Bertz CT molecular complexity index is 659. The highest BCUT2D eigenvalue weighted by Crippen LogP contribution is 2.22. The minimum atomic E-state index is -3.73. The Morgan fingerprint density at radius 3 is 2.25 bits per heavy atom. The summed E-state index contributed by atoms with van der Waals surface area (Å²) in [4.78, 5) is 11.5. The molecule has 0 aliphatic heterocycles. The minimum Gasteiger partial charge on any atom is -0.478 e. The van der Waals surface area contributed by atoms with Crippen molar-refractivity contribution in [2.24, 2.45) is 0 Å². The molecule has 0 aromatic heterocycles. The fourth-order valence-corrected chi connectivity index (χ4v) is 3.89. The molecule has 0 unspecified atom stereocenters. The van der Waals surface area contributed by atoms with E-state index in [0.717, 1.165) is 25.7 Å². The second kappa shape index (κ2) is 9.03. The van der Waals surface area contributed by atoms with Gasteiger partial charge in [-0.3, -0.25) is 0 Å². The molecule has 2 atom stereocenters. The lowest BCUT2D eigenvalue weighted by Gasteiger charge is -2.18. The zero-order valence-electron chi connectivity index (χ0n) is 14.8. The van der Waals surface area contributed by atoms with E-state index in [1.807, 2.05) is 13.8 Å². The summed E-state index contributed by atoms with van der Waals surface area (Å²) in [6.07, 6.45) is 3.46. The van der Waals surface area contributed by atoms with Crippen molar-refractivity contribution >= 4 is 21.7 Å². The van der Waals surface area contributed by atoms with Gasteiger partial charge in [0.05, 0.1) is 10.5 Å². The maximum Gasteiger partial charge on any atom is 0.337 e. The first-order valence-electron chi connectivity index (χ1n) is 8.37. The zero-order chi connectivity index (χ0) is 18.3. The number of nitrogens with one attached hydrogen (secondary N) is 2. The molecule has 0 aliphatic carbocycles. The Morgan fingerprint density at radius 1 is 1.12 bits per heavy atom. The van der Waals surface area contributed by atoms with E-state index in [9.17, 15) is 18.3 Å². The number of aromatic carboxylic acids is 1. The zero-order valence-corrected chi connectivity index (χ0v) is 15.6. The van der Waals surface area contributed by atoms with E-state index in [4.69, 9.17) is 0 Å². The Kier molecular flexibility index (Phi) is 7.69. The maximum atomic E-state index is 12.4. The standard InChI is InChI=1S/C17H28N2O4S/c1-5-7-12(3)18-16-10-9-14(11-15(16)17(20)21)24(22,23)19-13(4)8-6-2/h9-13,18-19H,5-8H2,1-4H3,(H,20,21)/t12-,13-/m0/s1. The Balaban J connectivity index is 3.11. The first-order chi connectivity index (χ1) is 11.2. The van der Waals surface area contributed by atoms with E-state index in [1.165, 1.54) is 18.2 Å². The minimum absolute atomic E-state index is 0.0310. The fraction of sp³-hybridized carbons (Fsp3) is 0.588. The van der Waals surface area contributed by atoms with Gasteiger partial charge in [-0.1, -0.05) is 26.7 Å². The average Bonchev–Trinajstić information content (AvgIpc) is 2.47. The number of carboxylic acids is 1. The van der Waals surface area contributed by atoms with Crippen LogP contribution in [0.4, 0.5) is 5.69 Å². The van der Waals surface area contributed by atoms with Crippen LogP contribution in [0, 0.1) is 0 Å². The smallest absolute Gasteiger partial charge is 0.337 e. The van der Waals surface area contributed by atoms with Gasteiger partial charge in [0, 0.05) is 17.8 Å². The second-order valence-corrected chi connectivity index (χ2v) is 7.87. The molecule has 0 heterocycles. The number of hydrogen-bond acceptors (Lipinski definition) is 4. The first kappa shape index (κ1) is 20.4. The molecule has 136 valence electrons. The van der Waals surface area contributed by atoms with Crippen molar-refractivity contribution in [2.75, 3.05) is 5.32 Å². The van der Waals surface area contributed by atoms with Crippen molar-refractivity contribution < 1.29 is 18.3 Å². The van der Waals surface area contributed by atoms with Crippen molar-refractivity contribution in [3.05, 3.63) is 23.8 Å². The van der Waals surface area contributed by atoms with Gasteiger partial charge in [0.2, 0.25) is 10.0 Å². The molecule has 1 rings (SSSR count). The predicted molar refractivity (Wildman–Crippen MR) is 96.1 cm³/mol. The fourth-order valence-electron chi connectivity index (χ4n) is 2.59. The lowest BCUT2D eigenvalue weighted by atomic mass is 10.1. The summed E-state index contributed by atoms with van der Waals surface area (Å²) in [6, 6.07) is 4.09. The van der Waals surface area contributed by atoms with Crippen LogP contribution in [0.15, 0.2) is 23.1 Å². The lowest BCUT2D eigenvalue weighted by Crippen LogP contribution is -2.32.